The van der Waals surface area contributed by atoms with Gasteiger partial charge in [0.2, 0.25) is 0 Å². The van der Waals surface area contributed by atoms with Gasteiger partial charge in [-0.3, -0.25) is 9.59 Å². The van der Waals surface area contributed by atoms with Gasteiger partial charge in [0.15, 0.2) is 0 Å². The smallest absolute Gasteiger partial charge is 0.311 e. The maximum absolute atomic E-state index is 12.8. The van der Waals surface area contributed by atoms with Crippen LogP contribution in [0.25, 0.3) is 0 Å². The summed E-state index contributed by atoms with van der Waals surface area (Å²) in [5, 5.41) is 9.42. The Morgan fingerprint density at radius 1 is 0.490 bits per heavy atom. The summed E-state index contributed by atoms with van der Waals surface area (Å²) >= 11 is 0. The van der Waals surface area contributed by atoms with Crippen LogP contribution in [-0.4, -0.2) is 61.4 Å². The lowest BCUT2D eigenvalue weighted by molar-refractivity contribution is -0.155. The first-order valence-corrected chi connectivity index (χ1v) is 22.2. The zero-order valence-electron chi connectivity index (χ0n) is 35.4. The van der Waals surface area contributed by atoms with Gasteiger partial charge in [0, 0.05) is 13.2 Å². The summed E-state index contributed by atoms with van der Waals surface area (Å²) in [5.74, 6) is 0.769. The third kappa shape index (κ3) is 29.0. The zero-order valence-corrected chi connectivity index (χ0v) is 35.4. The number of carbonyl (C=O) groups excluding carboxylic acids is 2. The molecular weight excluding hydrogens is 634 g/mol. The zero-order chi connectivity index (χ0) is 38.1. The van der Waals surface area contributed by atoms with Crippen LogP contribution in [0, 0.1) is 16.7 Å². The molecule has 0 saturated heterocycles. The topological polar surface area (TPSA) is 76.1 Å². The number of hydrogen-bond donors (Lipinski definition) is 1. The number of aliphatic hydroxyl groups excluding tert-OH is 1. The fourth-order valence-corrected chi connectivity index (χ4v) is 7.08. The SMILES string of the molecule is CCCCCCCCCOC(=O)C(C)(C)CCCCCCN(CCCO)CCCCCCC(C)(C)C(=O)OCCCCC(CCCC)CCCC. The molecule has 1 N–H and O–H groups in total. The maximum Gasteiger partial charge on any atom is 0.311 e. The third-order valence-electron chi connectivity index (χ3n) is 10.9. The number of carbonyl (C=O) groups is 2. The van der Waals surface area contributed by atoms with Crippen molar-refractivity contribution in [3.63, 3.8) is 0 Å². The van der Waals surface area contributed by atoms with E-state index in [2.05, 4.69) is 25.7 Å². The second-order valence-electron chi connectivity index (χ2n) is 17.1. The molecule has 0 aliphatic heterocycles. The van der Waals surface area contributed by atoms with E-state index in [1.165, 1.54) is 89.9 Å². The lowest BCUT2D eigenvalue weighted by atomic mass is 9.87. The van der Waals surface area contributed by atoms with Crippen molar-refractivity contribution in [2.45, 2.75) is 222 Å². The summed E-state index contributed by atoms with van der Waals surface area (Å²) in [4.78, 5) is 28.0. The Balaban J connectivity index is 4.13. The van der Waals surface area contributed by atoms with Crippen molar-refractivity contribution in [2.24, 2.45) is 16.7 Å². The van der Waals surface area contributed by atoms with Crippen LogP contribution >= 0.6 is 0 Å². The van der Waals surface area contributed by atoms with Crippen LogP contribution in [-0.2, 0) is 19.1 Å². The molecule has 0 aromatic carbocycles. The van der Waals surface area contributed by atoms with Crippen LogP contribution in [0.1, 0.15) is 222 Å². The van der Waals surface area contributed by atoms with E-state index in [0.717, 1.165) is 109 Å². The van der Waals surface area contributed by atoms with Crippen molar-refractivity contribution >= 4 is 11.9 Å². The van der Waals surface area contributed by atoms with E-state index in [0.29, 0.717) is 13.2 Å². The van der Waals surface area contributed by atoms with Crippen LogP contribution < -0.4 is 0 Å². The molecule has 0 atom stereocenters. The van der Waals surface area contributed by atoms with Gasteiger partial charge in [-0.25, -0.2) is 0 Å². The van der Waals surface area contributed by atoms with Gasteiger partial charge >= 0.3 is 11.9 Å². The summed E-state index contributed by atoms with van der Waals surface area (Å²) < 4.78 is 11.4. The van der Waals surface area contributed by atoms with E-state index in [4.69, 9.17) is 9.47 Å². The van der Waals surface area contributed by atoms with E-state index in [1.54, 1.807) is 0 Å². The Hall–Kier alpha value is -1.14. The Morgan fingerprint density at radius 2 is 0.863 bits per heavy atom. The quantitative estimate of drug-likeness (QED) is 0.0505. The first kappa shape index (κ1) is 49.9. The largest absolute Gasteiger partial charge is 0.465 e. The highest BCUT2D eigenvalue weighted by atomic mass is 16.5. The average molecular weight is 724 g/mol. The number of rotatable bonds is 38. The Kier molecular flexibility index (Phi) is 32.7. The fourth-order valence-electron chi connectivity index (χ4n) is 7.08. The molecule has 0 bridgehead atoms. The predicted octanol–water partition coefficient (Wildman–Crippen LogP) is 12.6. The fraction of sp³-hybridized carbons (Fsp3) is 0.956. The maximum atomic E-state index is 12.8. The standard InChI is InChI=1S/C45H89NO5/c1-8-11-14-15-16-21-27-39-50-42(48)44(4,5)33-23-17-19-25-35-46(37-29-38-47)36-26-20-18-24-34-45(6,7)43(49)51-40-28-22-32-41(30-12-9-2)31-13-10-3/h41,47H,8-40H2,1-7H3. The monoisotopic (exact) mass is 724 g/mol. The van der Waals surface area contributed by atoms with E-state index in [1.807, 2.05) is 27.7 Å². The molecule has 0 aromatic rings. The van der Waals surface area contributed by atoms with Crippen molar-refractivity contribution < 1.29 is 24.2 Å². The highest BCUT2D eigenvalue weighted by Crippen LogP contribution is 2.28. The normalized spacial score (nSPS) is 12.3. The molecule has 0 saturated carbocycles. The first-order chi connectivity index (χ1) is 24.5. The van der Waals surface area contributed by atoms with Gasteiger partial charge in [-0.1, -0.05) is 143 Å². The number of esters is 2. The molecule has 304 valence electrons. The van der Waals surface area contributed by atoms with E-state index < -0.39 is 10.8 Å². The van der Waals surface area contributed by atoms with Crippen molar-refractivity contribution in [3.05, 3.63) is 0 Å². The summed E-state index contributed by atoms with van der Waals surface area (Å²) in [5.41, 5.74) is -0.824. The van der Waals surface area contributed by atoms with Gasteiger partial charge in [-0.05, 0) is 98.1 Å². The highest BCUT2D eigenvalue weighted by Gasteiger charge is 2.29. The number of aliphatic hydroxyl groups is 1. The van der Waals surface area contributed by atoms with Gasteiger partial charge in [0.1, 0.15) is 0 Å². The van der Waals surface area contributed by atoms with Crippen molar-refractivity contribution in [3.8, 4) is 0 Å². The average Bonchev–Trinajstić information content (AvgIpc) is 3.11. The van der Waals surface area contributed by atoms with Crippen molar-refractivity contribution in [1.29, 1.82) is 0 Å². The number of nitrogens with zero attached hydrogens (tertiary/aromatic N) is 1. The second-order valence-corrected chi connectivity index (χ2v) is 17.1. The molecule has 0 rings (SSSR count). The minimum Gasteiger partial charge on any atom is -0.465 e. The first-order valence-electron chi connectivity index (χ1n) is 22.2. The molecule has 0 fully saturated rings. The van der Waals surface area contributed by atoms with Gasteiger partial charge in [-0.2, -0.15) is 0 Å². The molecule has 0 heterocycles. The summed E-state index contributed by atoms with van der Waals surface area (Å²) in [6.45, 7) is 19.4. The molecule has 0 aromatic heterocycles. The number of hydrogen-bond acceptors (Lipinski definition) is 6. The van der Waals surface area contributed by atoms with Gasteiger partial charge in [0.05, 0.1) is 24.0 Å². The molecule has 0 unspecified atom stereocenters. The number of ether oxygens (including phenoxy) is 2. The second kappa shape index (κ2) is 33.4. The molecule has 51 heavy (non-hydrogen) atoms. The van der Waals surface area contributed by atoms with Crippen LogP contribution in [0.2, 0.25) is 0 Å². The highest BCUT2D eigenvalue weighted by molar-refractivity contribution is 5.76. The number of unbranched alkanes of at least 4 members (excludes halogenated alkanes) is 15. The van der Waals surface area contributed by atoms with E-state index >= 15 is 0 Å². The lowest BCUT2D eigenvalue weighted by Gasteiger charge is -2.24. The molecule has 6 heteroatoms. The van der Waals surface area contributed by atoms with Crippen molar-refractivity contribution in [2.75, 3.05) is 39.5 Å². The molecule has 0 aliphatic carbocycles. The summed E-state index contributed by atoms with van der Waals surface area (Å²) in [6.07, 6.45) is 31.6. The summed E-state index contributed by atoms with van der Waals surface area (Å²) in [7, 11) is 0. The molecule has 6 nitrogen and oxygen atoms in total. The third-order valence-corrected chi connectivity index (χ3v) is 10.9. The molecule has 0 aliphatic rings. The Labute approximate surface area is 318 Å². The molecule has 0 amide bonds. The predicted molar refractivity (Wildman–Crippen MR) is 218 cm³/mol. The summed E-state index contributed by atoms with van der Waals surface area (Å²) in [6, 6.07) is 0. The minimum atomic E-state index is -0.416. The Morgan fingerprint density at radius 3 is 1.33 bits per heavy atom. The molecule has 0 radical (unpaired) electrons. The Bertz CT molecular complexity index is 789. The van der Waals surface area contributed by atoms with E-state index in [-0.39, 0.29) is 18.5 Å². The lowest BCUT2D eigenvalue weighted by Crippen LogP contribution is -2.28. The van der Waals surface area contributed by atoms with Gasteiger partial charge in [0.25, 0.3) is 0 Å². The van der Waals surface area contributed by atoms with Crippen molar-refractivity contribution in [1.82, 2.24) is 4.90 Å². The van der Waals surface area contributed by atoms with Gasteiger partial charge < -0.3 is 19.5 Å². The van der Waals surface area contributed by atoms with Crippen LogP contribution in [0.3, 0.4) is 0 Å². The molecule has 0 spiro atoms. The molecular formula is C45H89NO5. The van der Waals surface area contributed by atoms with Crippen LogP contribution in [0.5, 0.6) is 0 Å². The van der Waals surface area contributed by atoms with E-state index in [9.17, 15) is 14.7 Å². The van der Waals surface area contributed by atoms with Crippen LogP contribution in [0.15, 0.2) is 0 Å². The van der Waals surface area contributed by atoms with Gasteiger partial charge in [-0.15, -0.1) is 0 Å². The minimum absolute atomic E-state index is 0.0338. The van der Waals surface area contributed by atoms with Crippen LogP contribution in [0.4, 0.5) is 0 Å².